The van der Waals surface area contributed by atoms with Crippen molar-refractivity contribution in [2.75, 3.05) is 51.2 Å². The number of carbonyl (C=O) groups excluding carboxylic acids is 1. The highest BCUT2D eigenvalue weighted by molar-refractivity contribution is 7.14. The number of benzene rings is 1. The minimum atomic E-state index is -0.137. The number of hydrogen-bond acceptors (Lipinski definition) is 6. The molecule has 6 nitrogen and oxygen atoms in total. The van der Waals surface area contributed by atoms with Crippen LogP contribution in [0.5, 0.6) is 0 Å². The maximum absolute atomic E-state index is 13.1. The van der Waals surface area contributed by atoms with Crippen molar-refractivity contribution < 1.29 is 9.21 Å². The van der Waals surface area contributed by atoms with Crippen molar-refractivity contribution in [1.82, 2.24) is 14.8 Å². The average molecular weight is 411 g/mol. The lowest BCUT2D eigenvalue weighted by Crippen LogP contribution is -2.45. The van der Waals surface area contributed by atoms with Gasteiger partial charge in [0, 0.05) is 43.7 Å². The van der Waals surface area contributed by atoms with Crippen molar-refractivity contribution in [2.45, 2.75) is 6.42 Å². The van der Waals surface area contributed by atoms with E-state index in [9.17, 15) is 4.79 Å². The highest BCUT2D eigenvalue weighted by Gasteiger charge is 2.23. The van der Waals surface area contributed by atoms with Gasteiger partial charge in [-0.15, -0.1) is 11.3 Å². The molecule has 0 aliphatic carbocycles. The molecule has 1 aromatic carbocycles. The highest BCUT2D eigenvalue weighted by Crippen LogP contribution is 2.28. The van der Waals surface area contributed by atoms with Gasteiger partial charge in [-0.2, -0.15) is 0 Å². The van der Waals surface area contributed by atoms with E-state index in [2.05, 4.69) is 16.8 Å². The van der Waals surface area contributed by atoms with Crippen LogP contribution in [0.3, 0.4) is 0 Å². The maximum Gasteiger partial charge on any atom is 0.295 e. The van der Waals surface area contributed by atoms with Crippen molar-refractivity contribution in [3.8, 4) is 11.3 Å². The molecule has 0 unspecified atom stereocenters. The van der Waals surface area contributed by atoms with Gasteiger partial charge in [-0.3, -0.25) is 9.69 Å². The zero-order chi connectivity index (χ0) is 20.1. The predicted octanol–water partition coefficient (Wildman–Crippen LogP) is 3.69. The minimum Gasteiger partial charge on any atom is -0.459 e. The summed E-state index contributed by atoms with van der Waals surface area (Å²) < 4.78 is 5.37. The molecule has 0 bridgehead atoms. The summed E-state index contributed by atoms with van der Waals surface area (Å²) in [6.07, 6.45) is 2.43. The summed E-state index contributed by atoms with van der Waals surface area (Å²) in [7, 11) is 2.16. The Morgan fingerprint density at radius 3 is 2.66 bits per heavy atom. The topological polar surface area (TPSA) is 52.8 Å². The zero-order valence-corrected chi connectivity index (χ0v) is 17.5. The summed E-state index contributed by atoms with van der Waals surface area (Å²) in [5, 5.41) is 2.72. The second kappa shape index (κ2) is 9.35. The van der Waals surface area contributed by atoms with Gasteiger partial charge in [0.2, 0.25) is 0 Å². The van der Waals surface area contributed by atoms with E-state index in [0.29, 0.717) is 17.4 Å². The summed E-state index contributed by atoms with van der Waals surface area (Å²) in [5.74, 6) is 0.211. The lowest BCUT2D eigenvalue weighted by molar-refractivity contribution is 0.0957. The Hall–Kier alpha value is -2.48. The van der Waals surface area contributed by atoms with Crippen molar-refractivity contribution in [3.05, 3.63) is 59.9 Å². The third kappa shape index (κ3) is 4.93. The molecule has 0 spiro atoms. The SMILES string of the molecule is CN1CCN(CCCN(C(=O)c2ccco2)c2nc(-c3ccccc3)cs2)CC1. The summed E-state index contributed by atoms with van der Waals surface area (Å²) in [6, 6.07) is 13.5. The highest BCUT2D eigenvalue weighted by atomic mass is 32.1. The molecule has 1 aliphatic heterocycles. The van der Waals surface area contributed by atoms with Gasteiger partial charge in [-0.1, -0.05) is 30.3 Å². The number of piperazine rings is 1. The van der Waals surface area contributed by atoms with Crippen LogP contribution in [0, 0.1) is 0 Å². The van der Waals surface area contributed by atoms with E-state index >= 15 is 0 Å². The quantitative estimate of drug-likeness (QED) is 0.595. The number of thiazole rings is 1. The molecule has 4 rings (SSSR count). The molecule has 7 heteroatoms. The van der Waals surface area contributed by atoms with Crippen molar-refractivity contribution in [3.63, 3.8) is 0 Å². The molecule has 1 aliphatic rings. The van der Waals surface area contributed by atoms with E-state index < -0.39 is 0 Å². The third-order valence-corrected chi connectivity index (χ3v) is 6.09. The largest absolute Gasteiger partial charge is 0.459 e. The van der Waals surface area contributed by atoms with Crippen LogP contribution < -0.4 is 4.90 Å². The van der Waals surface area contributed by atoms with Crippen LogP contribution >= 0.6 is 11.3 Å². The number of furan rings is 1. The Labute approximate surface area is 175 Å². The van der Waals surface area contributed by atoms with Gasteiger partial charge in [-0.25, -0.2) is 4.98 Å². The van der Waals surface area contributed by atoms with Crippen LogP contribution in [-0.4, -0.2) is 67.0 Å². The van der Waals surface area contributed by atoms with Gasteiger partial charge in [0.05, 0.1) is 12.0 Å². The number of nitrogens with zero attached hydrogens (tertiary/aromatic N) is 4. The molecule has 0 N–H and O–H groups in total. The van der Waals surface area contributed by atoms with Gasteiger partial charge >= 0.3 is 0 Å². The monoisotopic (exact) mass is 410 g/mol. The lowest BCUT2D eigenvalue weighted by Gasteiger charge is -2.32. The van der Waals surface area contributed by atoms with Crippen molar-refractivity contribution >= 4 is 22.4 Å². The van der Waals surface area contributed by atoms with Gasteiger partial charge in [-0.05, 0) is 32.1 Å². The Bertz CT molecular complexity index is 902. The first-order valence-electron chi connectivity index (χ1n) is 9.98. The smallest absolute Gasteiger partial charge is 0.295 e. The first-order valence-corrected chi connectivity index (χ1v) is 10.9. The number of aromatic nitrogens is 1. The van der Waals surface area contributed by atoms with Gasteiger partial charge in [0.15, 0.2) is 10.9 Å². The third-order valence-electron chi connectivity index (χ3n) is 5.22. The molecule has 0 saturated carbocycles. The molecule has 3 aromatic rings. The molecular weight excluding hydrogens is 384 g/mol. The Morgan fingerprint density at radius 2 is 1.93 bits per heavy atom. The van der Waals surface area contributed by atoms with Gasteiger partial charge in [0.1, 0.15) is 0 Å². The summed E-state index contributed by atoms with van der Waals surface area (Å²) in [6.45, 7) is 5.96. The summed E-state index contributed by atoms with van der Waals surface area (Å²) >= 11 is 1.50. The number of rotatable bonds is 7. The molecular formula is C22H26N4O2S. The molecule has 1 amide bonds. The Kier molecular flexibility index (Phi) is 6.39. The van der Waals surface area contributed by atoms with E-state index in [1.165, 1.54) is 17.6 Å². The number of likely N-dealkylation sites (N-methyl/N-ethyl adjacent to an activating group) is 1. The molecule has 0 radical (unpaired) electrons. The fourth-order valence-electron chi connectivity index (χ4n) is 3.47. The number of anilines is 1. The molecule has 3 heterocycles. The van der Waals surface area contributed by atoms with E-state index in [1.54, 1.807) is 17.0 Å². The van der Waals surface area contributed by atoms with Crippen LogP contribution in [0.15, 0.2) is 58.5 Å². The van der Waals surface area contributed by atoms with E-state index in [1.807, 2.05) is 35.7 Å². The fraction of sp³-hybridized carbons (Fsp3) is 0.364. The van der Waals surface area contributed by atoms with Crippen LogP contribution in [0.4, 0.5) is 5.13 Å². The van der Waals surface area contributed by atoms with Crippen LogP contribution in [0.25, 0.3) is 11.3 Å². The molecule has 1 fully saturated rings. The Morgan fingerprint density at radius 1 is 1.14 bits per heavy atom. The lowest BCUT2D eigenvalue weighted by atomic mass is 10.2. The molecule has 152 valence electrons. The molecule has 1 saturated heterocycles. The van der Waals surface area contributed by atoms with Gasteiger partial charge < -0.3 is 14.2 Å². The number of amides is 1. The average Bonchev–Trinajstić information content (AvgIpc) is 3.45. The number of carbonyl (C=O) groups is 1. The van der Waals surface area contributed by atoms with Crippen LogP contribution in [0.1, 0.15) is 17.0 Å². The summed E-state index contributed by atoms with van der Waals surface area (Å²) in [4.78, 5) is 24.4. The maximum atomic E-state index is 13.1. The molecule has 2 aromatic heterocycles. The first kappa shape index (κ1) is 19.8. The van der Waals surface area contributed by atoms with E-state index in [0.717, 1.165) is 50.4 Å². The first-order chi connectivity index (χ1) is 14.2. The van der Waals surface area contributed by atoms with Crippen molar-refractivity contribution in [1.29, 1.82) is 0 Å². The summed E-state index contributed by atoms with van der Waals surface area (Å²) in [5.41, 5.74) is 1.94. The fourth-order valence-corrected chi connectivity index (χ4v) is 4.33. The standard InChI is InChI=1S/C22H26N4O2S/c1-24-12-14-25(15-13-24)10-6-11-26(21(27)20-9-5-16-28-20)22-23-19(17-29-22)18-7-3-2-4-8-18/h2-5,7-9,16-17H,6,10-15H2,1H3. The van der Waals surface area contributed by atoms with E-state index in [4.69, 9.17) is 9.40 Å². The number of hydrogen-bond donors (Lipinski definition) is 0. The van der Waals surface area contributed by atoms with Crippen molar-refractivity contribution in [2.24, 2.45) is 0 Å². The minimum absolute atomic E-state index is 0.137. The zero-order valence-electron chi connectivity index (χ0n) is 16.7. The molecule has 0 atom stereocenters. The normalized spacial score (nSPS) is 15.5. The molecule has 29 heavy (non-hydrogen) atoms. The van der Waals surface area contributed by atoms with Gasteiger partial charge in [0.25, 0.3) is 5.91 Å². The van der Waals surface area contributed by atoms with Crippen LogP contribution in [0.2, 0.25) is 0 Å². The Balaban J connectivity index is 1.47. The predicted molar refractivity (Wildman–Crippen MR) is 116 cm³/mol. The van der Waals surface area contributed by atoms with Crippen LogP contribution in [-0.2, 0) is 0 Å². The second-order valence-corrected chi connectivity index (χ2v) is 8.15. The van der Waals surface area contributed by atoms with E-state index in [-0.39, 0.29) is 5.91 Å². The second-order valence-electron chi connectivity index (χ2n) is 7.31.